The second-order valence-corrected chi connectivity index (χ2v) is 5.46. The van der Waals surface area contributed by atoms with Crippen LogP contribution in [0, 0.1) is 13.8 Å². The van der Waals surface area contributed by atoms with Crippen LogP contribution in [0.15, 0.2) is 16.6 Å². The first-order chi connectivity index (χ1) is 8.10. The SMILES string of the molecule is Cc1cc(Oc2nnc(CN)s2)cc(C)c1Br. The number of aryl methyl sites for hydroxylation is 2. The van der Waals surface area contributed by atoms with Crippen molar-refractivity contribution in [1.82, 2.24) is 10.2 Å². The van der Waals surface area contributed by atoms with Gasteiger partial charge in [-0.3, -0.25) is 0 Å². The minimum Gasteiger partial charge on any atom is -0.430 e. The van der Waals surface area contributed by atoms with Gasteiger partial charge < -0.3 is 10.5 Å². The van der Waals surface area contributed by atoms with Crippen molar-refractivity contribution in [2.75, 3.05) is 0 Å². The summed E-state index contributed by atoms with van der Waals surface area (Å²) in [4.78, 5) is 0. The fraction of sp³-hybridized carbons (Fsp3) is 0.273. The van der Waals surface area contributed by atoms with Crippen LogP contribution in [0.5, 0.6) is 10.9 Å². The zero-order valence-corrected chi connectivity index (χ0v) is 11.9. The highest BCUT2D eigenvalue weighted by Crippen LogP contribution is 2.30. The number of nitrogens with zero attached hydrogens (tertiary/aromatic N) is 2. The number of hydrogen-bond donors (Lipinski definition) is 1. The van der Waals surface area contributed by atoms with E-state index < -0.39 is 0 Å². The molecule has 0 fully saturated rings. The second-order valence-electron chi connectivity index (χ2n) is 3.64. The van der Waals surface area contributed by atoms with Gasteiger partial charge in [0, 0.05) is 11.0 Å². The maximum Gasteiger partial charge on any atom is 0.299 e. The van der Waals surface area contributed by atoms with Crippen LogP contribution >= 0.6 is 27.3 Å². The predicted molar refractivity (Wildman–Crippen MR) is 71.5 cm³/mol. The average molecular weight is 314 g/mol. The zero-order chi connectivity index (χ0) is 12.4. The zero-order valence-electron chi connectivity index (χ0n) is 9.53. The largest absolute Gasteiger partial charge is 0.430 e. The topological polar surface area (TPSA) is 61.0 Å². The molecule has 1 heterocycles. The van der Waals surface area contributed by atoms with Gasteiger partial charge in [0.2, 0.25) is 0 Å². The summed E-state index contributed by atoms with van der Waals surface area (Å²) >= 11 is 4.88. The molecule has 2 aromatic rings. The third-order valence-electron chi connectivity index (χ3n) is 2.24. The molecular formula is C11H12BrN3OS. The summed E-state index contributed by atoms with van der Waals surface area (Å²) < 4.78 is 6.75. The molecule has 4 nitrogen and oxygen atoms in total. The lowest BCUT2D eigenvalue weighted by Gasteiger charge is -2.07. The minimum atomic E-state index is 0.388. The molecule has 0 saturated carbocycles. The van der Waals surface area contributed by atoms with Crippen molar-refractivity contribution in [3.8, 4) is 10.9 Å². The van der Waals surface area contributed by atoms with Crippen molar-refractivity contribution < 1.29 is 4.74 Å². The summed E-state index contributed by atoms with van der Waals surface area (Å²) in [7, 11) is 0. The summed E-state index contributed by atoms with van der Waals surface area (Å²) in [5.74, 6) is 0.767. The summed E-state index contributed by atoms with van der Waals surface area (Å²) in [5, 5.41) is 9.11. The Morgan fingerprint density at radius 3 is 2.47 bits per heavy atom. The molecule has 6 heteroatoms. The fourth-order valence-electron chi connectivity index (χ4n) is 1.43. The number of halogens is 1. The van der Waals surface area contributed by atoms with Crippen molar-refractivity contribution in [3.63, 3.8) is 0 Å². The molecule has 2 rings (SSSR count). The van der Waals surface area contributed by atoms with Crippen molar-refractivity contribution in [3.05, 3.63) is 32.7 Å². The maximum atomic E-state index is 5.65. The van der Waals surface area contributed by atoms with E-state index in [1.54, 1.807) is 0 Å². The average Bonchev–Trinajstić information content (AvgIpc) is 2.73. The molecule has 17 heavy (non-hydrogen) atoms. The van der Waals surface area contributed by atoms with E-state index in [0.717, 1.165) is 26.4 Å². The molecule has 2 N–H and O–H groups in total. The van der Waals surface area contributed by atoms with Crippen molar-refractivity contribution in [2.24, 2.45) is 5.73 Å². The highest BCUT2D eigenvalue weighted by Gasteiger charge is 2.07. The van der Waals surface area contributed by atoms with Gasteiger partial charge in [0.05, 0.1) is 0 Å². The maximum absolute atomic E-state index is 5.65. The Balaban J connectivity index is 2.24. The number of ether oxygens (including phenoxy) is 1. The van der Waals surface area contributed by atoms with E-state index in [2.05, 4.69) is 26.1 Å². The lowest BCUT2D eigenvalue weighted by molar-refractivity contribution is 0.472. The normalized spacial score (nSPS) is 10.6. The first-order valence-corrected chi connectivity index (χ1v) is 6.68. The summed E-state index contributed by atoms with van der Waals surface area (Å²) in [6.45, 7) is 4.43. The summed E-state index contributed by atoms with van der Waals surface area (Å²) in [6, 6.07) is 3.92. The van der Waals surface area contributed by atoms with E-state index >= 15 is 0 Å². The Morgan fingerprint density at radius 1 is 1.29 bits per heavy atom. The van der Waals surface area contributed by atoms with Crippen molar-refractivity contribution in [2.45, 2.75) is 20.4 Å². The Hall–Kier alpha value is -0.980. The van der Waals surface area contributed by atoms with Gasteiger partial charge >= 0.3 is 0 Å². The quantitative estimate of drug-likeness (QED) is 0.945. The number of hydrogen-bond acceptors (Lipinski definition) is 5. The summed E-state index contributed by atoms with van der Waals surface area (Å²) in [5.41, 5.74) is 7.73. The molecule has 0 unspecified atom stereocenters. The molecule has 0 aliphatic heterocycles. The van der Waals surface area contributed by atoms with Gasteiger partial charge in [-0.05, 0) is 37.1 Å². The molecule has 0 atom stereocenters. The minimum absolute atomic E-state index is 0.388. The van der Waals surface area contributed by atoms with Crippen molar-refractivity contribution >= 4 is 27.3 Å². The Morgan fingerprint density at radius 2 is 1.94 bits per heavy atom. The van der Waals surface area contributed by atoms with Crippen LogP contribution in [0.3, 0.4) is 0 Å². The molecule has 0 radical (unpaired) electrons. The molecule has 0 spiro atoms. The van der Waals surface area contributed by atoms with Gasteiger partial charge in [-0.25, -0.2) is 0 Å². The Bertz CT molecular complexity index is 518. The lowest BCUT2D eigenvalue weighted by Crippen LogP contribution is -1.94. The molecule has 1 aromatic heterocycles. The molecular weight excluding hydrogens is 302 g/mol. The molecule has 0 amide bonds. The van der Waals surface area contributed by atoms with E-state index in [1.807, 2.05) is 26.0 Å². The number of benzene rings is 1. The third-order valence-corrected chi connectivity index (χ3v) is 4.31. The van der Waals surface area contributed by atoms with Gasteiger partial charge in [0.15, 0.2) is 0 Å². The van der Waals surface area contributed by atoms with E-state index in [4.69, 9.17) is 10.5 Å². The Labute approximate surface area is 112 Å². The lowest BCUT2D eigenvalue weighted by atomic mass is 10.1. The van der Waals surface area contributed by atoms with Crippen LogP contribution in [0.2, 0.25) is 0 Å². The van der Waals surface area contributed by atoms with E-state index in [-0.39, 0.29) is 0 Å². The van der Waals surface area contributed by atoms with E-state index in [9.17, 15) is 0 Å². The highest BCUT2D eigenvalue weighted by molar-refractivity contribution is 9.10. The third kappa shape index (κ3) is 2.83. The Kier molecular flexibility index (Phi) is 3.76. The second kappa shape index (κ2) is 5.12. The van der Waals surface area contributed by atoms with Crippen LogP contribution in [-0.4, -0.2) is 10.2 Å². The molecule has 90 valence electrons. The molecule has 0 aliphatic carbocycles. The first-order valence-electron chi connectivity index (χ1n) is 5.07. The van der Waals surface area contributed by atoms with Gasteiger partial charge in [0.1, 0.15) is 10.8 Å². The van der Waals surface area contributed by atoms with Crippen LogP contribution in [0.4, 0.5) is 0 Å². The molecule has 0 saturated heterocycles. The standard InChI is InChI=1S/C11H12BrN3OS/c1-6-3-8(4-7(2)10(6)12)16-11-15-14-9(5-13)17-11/h3-4H,5,13H2,1-2H3. The van der Waals surface area contributed by atoms with Crippen LogP contribution < -0.4 is 10.5 Å². The van der Waals surface area contributed by atoms with Crippen LogP contribution in [0.1, 0.15) is 16.1 Å². The highest BCUT2D eigenvalue weighted by atomic mass is 79.9. The van der Waals surface area contributed by atoms with E-state index in [0.29, 0.717) is 11.7 Å². The predicted octanol–water partition coefficient (Wildman–Crippen LogP) is 3.17. The smallest absolute Gasteiger partial charge is 0.299 e. The monoisotopic (exact) mass is 313 g/mol. The van der Waals surface area contributed by atoms with Gasteiger partial charge in [-0.2, -0.15) is 0 Å². The van der Waals surface area contributed by atoms with Crippen molar-refractivity contribution in [1.29, 1.82) is 0 Å². The number of rotatable bonds is 3. The number of nitrogens with two attached hydrogens (primary N) is 1. The molecule has 1 aromatic carbocycles. The van der Waals surface area contributed by atoms with Crippen LogP contribution in [0.25, 0.3) is 0 Å². The molecule has 0 bridgehead atoms. The van der Waals surface area contributed by atoms with E-state index in [1.165, 1.54) is 11.3 Å². The first kappa shape index (κ1) is 12.5. The molecule has 0 aliphatic rings. The summed E-state index contributed by atoms with van der Waals surface area (Å²) in [6.07, 6.45) is 0. The van der Waals surface area contributed by atoms with Crippen LogP contribution in [-0.2, 0) is 6.54 Å². The van der Waals surface area contributed by atoms with Gasteiger partial charge in [0.25, 0.3) is 5.19 Å². The fourth-order valence-corrected chi connectivity index (χ4v) is 2.24. The van der Waals surface area contributed by atoms with Gasteiger partial charge in [-0.1, -0.05) is 32.4 Å². The number of aromatic nitrogens is 2. The van der Waals surface area contributed by atoms with Gasteiger partial charge in [-0.15, -0.1) is 5.10 Å².